The topological polar surface area (TPSA) is 112 Å². The lowest BCUT2D eigenvalue weighted by atomic mass is 10.1. The van der Waals surface area contributed by atoms with Crippen molar-refractivity contribution in [2.45, 2.75) is 19.1 Å². The van der Waals surface area contributed by atoms with Gasteiger partial charge in [-0.3, -0.25) is 4.79 Å². The second kappa shape index (κ2) is 10.9. The smallest absolute Gasteiger partial charge is 0.302 e. The number of esters is 1. The summed E-state index contributed by atoms with van der Waals surface area (Å²) >= 11 is 12.4. The van der Waals surface area contributed by atoms with Crippen LogP contribution in [-0.4, -0.2) is 42.1 Å². The van der Waals surface area contributed by atoms with E-state index >= 15 is 0 Å². The number of aliphatic hydroxyl groups is 2. The first-order valence-electron chi connectivity index (χ1n) is 8.64. The number of hydrogen-bond donors (Lipinski definition) is 3. The van der Waals surface area contributed by atoms with E-state index in [-0.39, 0.29) is 24.0 Å². The van der Waals surface area contributed by atoms with Gasteiger partial charge in [-0.05, 0) is 36.4 Å². The summed E-state index contributed by atoms with van der Waals surface area (Å²) in [5.74, 6) is -0.232. The second-order valence-corrected chi connectivity index (χ2v) is 6.99. The molecule has 2 aromatic carbocycles. The van der Waals surface area contributed by atoms with Crippen LogP contribution in [0.15, 0.2) is 36.4 Å². The zero-order valence-electron chi connectivity index (χ0n) is 15.6. The molecule has 0 saturated carbocycles. The molecular weight excluding hydrogens is 419 g/mol. The normalized spacial score (nSPS) is 12.6. The summed E-state index contributed by atoms with van der Waals surface area (Å²) < 4.78 is 10.8. The summed E-state index contributed by atoms with van der Waals surface area (Å²) in [6.07, 6.45) is -1.09. The molecule has 3 N–H and O–H groups in total. The third-order valence-corrected chi connectivity index (χ3v) is 4.35. The Balaban J connectivity index is 2.39. The lowest BCUT2D eigenvalue weighted by Gasteiger charge is -2.24. The quantitative estimate of drug-likeness (QED) is 0.514. The monoisotopic (exact) mass is 438 g/mol. The van der Waals surface area contributed by atoms with Gasteiger partial charge in [-0.25, -0.2) is 0 Å². The molecule has 0 aromatic heterocycles. The minimum atomic E-state index is -1.09. The Hall–Kier alpha value is -2.50. The average molecular weight is 439 g/mol. The Bertz CT molecular complexity index is 884. The summed E-state index contributed by atoms with van der Waals surface area (Å²) in [6.45, 7) is 0.576. The van der Waals surface area contributed by atoms with Crippen molar-refractivity contribution < 1.29 is 24.5 Å². The Morgan fingerprint density at radius 3 is 2.52 bits per heavy atom. The second-order valence-electron chi connectivity index (χ2n) is 6.14. The number of benzene rings is 2. The highest BCUT2D eigenvalue weighted by Gasteiger charge is 2.22. The molecule has 2 unspecified atom stereocenters. The fourth-order valence-electron chi connectivity index (χ4n) is 2.48. The number of carbonyl (C=O) groups is 1. The van der Waals surface area contributed by atoms with Crippen LogP contribution >= 0.6 is 23.2 Å². The van der Waals surface area contributed by atoms with Gasteiger partial charge in [0, 0.05) is 23.2 Å². The molecule has 2 aromatic rings. The van der Waals surface area contributed by atoms with Crippen molar-refractivity contribution >= 4 is 34.9 Å². The minimum absolute atomic E-state index is 0.0507. The molecule has 0 aliphatic heterocycles. The molecule has 0 aliphatic rings. The van der Waals surface area contributed by atoms with Gasteiger partial charge in [0.05, 0.1) is 29.3 Å². The first kappa shape index (κ1) is 22.8. The number of halogens is 2. The van der Waals surface area contributed by atoms with E-state index < -0.39 is 24.7 Å². The number of carbonyl (C=O) groups excluding carboxylic acids is 1. The van der Waals surface area contributed by atoms with Crippen LogP contribution in [0.3, 0.4) is 0 Å². The van der Waals surface area contributed by atoms with Gasteiger partial charge in [0.1, 0.15) is 25.1 Å². The average Bonchev–Trinajstić information content (AvgIpc) is 2.70. The first-order chi connectivity index (χ1) is 13.8. The SMILES string of the molecule is CC(=O)OCC(Nc1ccc(C#N)cc1)c1cc(Cl)cc(Cl)c1OCC(O)CO. The van der Waals surface area contributed by atoms with Crippen molar-refractivity contribution in [1.29, 1.82) is 5.26 Å². The molecule has 9 heteroatoms. The van der Waals surface area contributed by atoms with Crippen molar-refractivity contribution in [3.8, 4) is 11.8 Å². The third-order valence-electron chi connectivity index (χ3n) is 3.85. The van der Waals surface area contributed by atoms with E-state index in [0.717, 1.165) is 0 Å². The van der Waals surface area contributed by atoms with E-state index in [1.165, 1.54) is 13.0 Å². The van der Waals surface area contributed by atoms with Gasteiger partial charge < -0.3 is 25.0 Å². The number of nitriles is 1. The zero-order valence-corrected chi connectivity index (χ0v) is 17.1. The number of rotatable bonds is 9. The van der Waals surface area contributed by atoms with Gasteiger partial charge in [-0.15, -0.1) is 0 Å². The highest BCUT2D eigenvalue weighted by Crippen LogP contribution is 2.37. The van der Waals surface area contributed by atoms with Gasteiger partial charge in [0.25, 0.3) is 0 Å². The molecule has 0 radical (unpaired) electrons. The van der Waals surface area contributed by atoms with Crippen LogP contribution in [0.2, 0.25) is 10.0 Å². The molecule has 0 saturated heterocycles. The van der Waals surface area contributed by atoms with E-state index in [0.29, 0.717) is 21.8 Å². The Morgan fingerprint density at radius 2 is 1.93 bits per heavy atom. The molecule has 154 valence electrons. The van der Waals surface area contributed by atoms with Crippen LogP contribution in [0.25, 0.3) is 0 Å². The third kappa shape index (κ3) is 6.80. The van der Waals surface area contributed by atoms with Crippen LogP contribution in [0, 0.1) is 11.3 Å². The zero-order chi connectivity index (χ0) is 21.4. The van der Waals surface area contributed by atoms with Crippen LogP contribution in [-0.2, 0) is 9.53 Å². The Kier molecular flexibility index (Phi) is 8.55. The maximum atomic E-state index is 11.4. The maximum Gasteiger partial charge on any atom is 0.302 e. The lowest BCUT2D eigenvalue weighted by molar-refractivity contribution is -0.141. The van der Waals surface area contributed by atoms with Crippen LogP contribution in [0.4, 0.5) is 5.69 Å². The molecule has 0 amide bonds. The van der Waals surface area contributed by atoms with Gasteiger partial charge in [-0.1, -0.05) is 23.2 Å². The highest BCUT2D eigenvalue weighted by atomic mass is 35.5. The van der Waals surface area contributed by atoms with Gasteiger partial charge in [-0.2, -0.15) is 5.26 Å². The molecule has 0 bridgehead atoms. The predicted molar refractivity (Wildman–Crippen MR) is 109 cm³/mol. The van der Waals surface area contributed by atoms with E-state index in [4.69, 9.17) is 43.0 Å². The summed E-state index contributed by atoms with van der Waals surface area (Å²) in [7, 11) is 0. The van der Waals surface area contributed by atoms with E-state index in [9.17, 15) is 9.90 Å². The van der Waals surface area contributed by atoms with E-state index in [1.54, 1.807) is 30.3 Å². The summed E-state index contributed by atoms with van der Waals surface area (Å²) in [4.78, 5) is 11.4. The van der Waals surface area contributed by atoms with Crippen LogP contribution in [0.5, 0.6) is 5.75 Å². The number of aliphatic hydroxyl groups excluding tert-OH is 2. The molecule has 0 heterocycles. The molecule has 0 aliphatic carbocycles. The number of ether oxygens (including phenoxy) is 2. The first-order valence-corrected chi connectivity index (χ1v) is 9.40. The number of nitrogens with one attached hydrogen (secondary N) is 1. The van der Waals surface area contributed by atoms with Crippen LogP contribution < -0.4 is 10.1 Å². The molecule has 0 spiro atoms. The van der Waals surface area contributed by atoms with Crippen molar-refractivity contribution in [2.24, 2.45) is 0 Å². The number of nitrogens with zero attached hydrogens (tertiary/aromatic N) is 1. The summed E-state index contributed by atoms with van der Waals surface area (Å²) in [6, 6.07) is 11.2. The van der Waals surface area contributed by atoms with Gasteiger partial charge >= 0.3 is 5.97 Å². The van der Waals surface area contributed by atoms with Crippen molar-refractivity contribution in [2.75, 3.05) is 25.1 Å². The van der Waals surface area contributed by atoms with Gasteiger partial charge in [0.2, 0.25) is 0 Å². The molecule has 2 rings (SSSR count). The summed E-state index contributed by atoms with van der Waals surface area (Å²) in [5.41, 5.74) is 1.66. The standard InChI is InChI=1S/C20H20Cl2N2O5/c1-12(26)28-11-19(24-15-4-2-13(8-23)3-5-15)17-6-14(21)7-18(22)20(17)29-10-16(27)9-25/h2-7,16,19,24-25,27H,9-11H2,1H3. The molecule has 2 atom stereocenters. The lowest BCUT2D eigenvalue weighted by Crippen LogP contribution is -2.24. The Labute approximate surface area is 178 Å². The molecule has 0 fully saturated rings. The van der Waals surface area contributed by atoms with Gasteiger partial charge in [0.15, 0.2) is 0 Å². The van der Waals surface area contributed by atoms with Crippen molar-refractivity contribution in [3.05, 3.63) is 57.6 Å². The fraction of sp³-hybridized carbons (Fsp3) is 0.300. The molecule has 29 heavy (non-hydrogen) atoms. The van der Waals surface area contributed by atoms with E-state index in [1.807, 2.05) is 6.07 Å². The van der Waals surface area contributed by atoms with Crippen molar-refractivity contribution in [1.82, 2.24) is 0 Å². The largest absolute Gasteiger partial charge is 0.489 e. The molecule has 7 nitrogen and oxygen atoms in total. The predicted octanol–water partition coefficient (Wildman–Crippen LogP) is 3.31. The molecular formula is C20H20Cl2N2O5. The van der Waals surface area contributed by atoms with Crippen molar-refractivity contribution in [3.63, 3.8) is 0 Å². The number of hydrogen-bond acceptors (Lipinski definition) is 7. The van der Waals surface area contributed by atoms with Crippen LogP contribution in [0.1, 0.15) is 24.1 Å². The maximum absolute atomic E-state index is 11.4. The minimum Gasteiger partial charge on any atom is -0.489 e. The number of anilines is 1. The van der Waals surface area contributed by atoms with E-state index in [2.05, 4.69) is 5.32 Å². The summed E-state index contributed by atoms with van der Waals surface area (Å²) in [5, 5.41) is 31.3. The highest BCUT2D eigenvalue weighted by molar-refractivity contribution is 6.35. The fourth-order valence-corrected chi connectivity index (χ4v) is 3.04. The Morgan fingerprint density at radius 1 is 1.24 bits per heavy atom.